The zero-order valence-electron chi connectivity index (χ0n) is 20.2. The summed E-state index contributed by atoms with van der Waals surface area (Å²) in [5, 5.41) is 13.2. The Kier molecular flexibility index (Phi) is 7.04. The molecule has 0 bridgehead atoms. The van der Waals surface area contributed by atoms with E-state index in [1.165, 1.54) is 10.6 Å². The molecule has 1 saturated heterocycles. The summed E-state index contributed by atoms with van der Waals surface area (Å²) in [7, 11) is 2.11. The SMILES string of the molecule is CN1CCC(CO)(NCc2cc3c(cn2)OCCO3)CC1.O=c1ccc2ncc(F)c3c2n1CCO3. The lowest BCUT2D eigenvalue weighted by atomic mass is 9.88. The van der Waals surface area contributed by atoms with Gasteiger partial charge in [0.2, 0.25) is 0 Å². The van der Waals surface area contributed by atoms with E-state index in [2.05, 4.69) is 27.2 Å². The second-order valence-electron chi connectivity index (χ2n) is 9.26. The van der Waals surface area contributed by atoms with Crippen molar-refractivity contribution in [2.75, 3.05) is 46.6 Å². The summed E-state index contributed by atoms with van der Waals surface area (Å²) in [5.74, 6) is 1.07. The van der Waals surface area contributed by atoms with Crippen LogP contribution < -0.4 is 25.1 Å². The van der Waals surface area contributed by atoms with Crippen molar-refractivity contribution in [3.63, 3.8) is 0 Å². The minimum absolute atomic E-state index is 0.129. The summed E-state index contributed by atoms with van der Waals surface area (Å²) in [4.78, 5) is 22.1. The van der Waals surface area contributed by atoms with Crippen molar-refractivity contribution in [1.82, 2.24) is 24.8 Å². The standard InChI is InChI=1S/C15H23N3O3.C10H7FN2O2/c1-18-4-2-15(11-19,3-5-18)17-9-12-8-13-14(10-16-12)21-7-6-20-13;11-6-5-12-7-1-2-8(14)13-3-4-15-10(6)9(7)13/h8,10,17,19H,2-7,9,11H2,1H3;1-2,5H,3-4H2. The van der Waals surface area contributed by atoms with Crippen molar-refractivity contribution in [3.05, 3.63) is 52.5 Å². The first-order valence-electron chi connectivity index (χ1n) is 12.1. The van der Waals surface area contributed by atoms with Crippen molar-refractivity contribution in [2.24, 2.45) is 0 Å². The third-order valence-electron chi connectivity index (χ3n) is 6.85. The van der Waals surface area contributed by atoms with Crippen LogP contribution in [0.4, 0.5) is 4.39 Å². The maximum absolute atomic E-state index is 13.4. The zero-order valence-corrected chi connectivity index (χ0v) is 20.2. The molecular weight excluding hydrogens is 469 g/mol. The normalized spacial score (nSPS) is 18.2. The summed E-state index contributed by atoms with van der Waals surface area (Å²) in [6, 6.07) is 4.93. The Labute approximate surface area is 207 Å². The van der Waals surface area contributed by atoms with Gasteiger partial charge in [0.25, 0.3) is 5.56 Å². The first kappa shape index (κ1) is 24.4. The van der Waals surface area contributed by atoms with Crippen LogP contribution >= 0.6 is 0 Å². The third-order valence-corrected chi connectivity index (χ3v) is 6.85. The number of halogens is 1. The average Bonchev–Trinajstić information content (AvgIpc) is 2.92. The van der Waals surface area contributed by atoms with Crippen LogP contribution in [0.2, 0.25) is 0 Å². The van der Waals surface area contributed by atoms with Crippen molar-refractivity contribution >= 4 is 11.0 Å². The number of pyridine rings is 3. The van der Waals surface area contributed by atoms with Gasteiger partial charge in [0, 0.05) is 24.2 Å². The zero-order chi connectivity index (χ0) is 25.1. The number of hydrogen-bond acceptors (Lipinski definition) is 9. The molecule has 3 aromatic rings. The third kappa shape index (κ3) is 4.99. The number of piperidine rings is 1. The van der Waals surface area contributed by atoms with Gasteiger partial charge in [-0.25, -0.2) is 4.39 Å². The number of nitrogens with one attached hydrogen (secondary N) is 1. The monoisotopic (exact) mass is 499 g/mol. The van der Waals surface area contributed by atoms with Crippen molar-refractivity contribution < 1.29 is 23.7 Å². The Morgan fingerprint density at radius 3 is 2.61 bits per heavy atom. The van der Waals surface area contributed by atoms with Gasteiger partial charge < -0.3 is 34.1 Å². The molecule has 2 N–H and O–H groups in total. The highest BCUT2D eigenvalue weighted by atomic mass is 19.1. The first-order chi connectivity index (χ1) is 17.5. The molecule has 11 heteroatoms. The lowest BCUT2D eigenvalue weighted by Gasteiger charge is -2.40. The number of likely N-dealkylation sites (tertiary alicyclic amines) is 1. The fraction of sp³-hybridized carbons (Fsp3) is 0.480. The molecule has 0 radical (unpaired) electrons. The van der Waals surface area contributed by atoms with Gasteiger partial charge in [-0.05, 0) is 39.0 Å². The van der Waals surface area contributed by atoms with E-state index in [1.807, 2.05) is 6.07 Å². The maximum Gasteiger partial charge on any atom is 0.251 e. The second-order valence-corrected chi connectivity index (χ2v) is 9.26. The van der Waals surface area contributed by atoms with Crippen LogP contribution in [0.25, 0.3) is 11.0 Å². The molecule has 1 fully saturated rings. The summed E-state index contributed by atoms with van der Waals surface area (Å²) in [5.41, 5.74) is 1.59. The topological polar surface area (TPSA) is 111 Å². The highest BCUT2D eigenvalue weighted by molar-refractivity contribution is 5.81. The van der Waals surface area contributed by atoms with Crippen LogP contribution in [-0.4, -0.2) is 76.6 Å². The summed E-state index contributed by atoms with van der Waals surface area (Å²) < 4.78 is 31.1. The number of hydrogen-bond donors (Lipinski definition) is 2. The highest BCUT2D eigenvalue weighted by Gasteiger charge is 2.32. The van der Waals surface area contributed by atoms with Gasteiger partial charge in [-0.2, -0.15) is 0 Å². The van der Waals surface area contributed by atoms with Crippen LogP contribution in [0.5, 0.6) is 17.2 Å². The molecule has 0 atom stereocenters. The smallest absolute Gasteiger partial charge is 0.251 e. The fourth-order valence-corrected chi connectivity index (χ4v) is 4.61. The van der Waals surface area contributed by atoms with Gasteiger partial charge in [-0.15, -0.1) is 0 Å². The van der Waals surface area contributed by atoms with E-state index >= 15 is 0 Å². The van der Waals surface area contributed by atoms with Crippen molar-refractivity contribution in [3.8, 4) is 17.2 Å². The summed E-state index contributed by atoms with van der Waals surface area (Å²) >= 11 is 0. The molecular formula is C25H30FN5O5. The molecule has 0 saturated carbocycles. The molecule has 0 amide bonds. The molecule has 3 aliphatic heterocycles. The average molecular weight is 500 g/mol. The quantitative estimate of drug-likeness (QED) is 0.549. The van der Waals surface area contributed by atoms with E-state index in [4.69, 9.17) is 14.2 Å². The molecule has 3 aliphatic rings. The van der Waals surface area contributed by atoms with E-state index in [0.717, 1.165) is 43.6 Å². The van der Waals surface area contributed by atoms with E-state index in [9.17, 15) is 14.3 Å². The summed E-state index contributed by atoms with van der Waals surface area (Å²) in [6.07, 6.45) is 4.72. The minimum atomic E-state index is -0.526. The van der Waals surface area contributed by atoms with Gasteiger partial charge in [0.1, 0.15) is 25.3 Å². The number of aromatic nitrogens is 3. The summed E-state index contributed by atoms with van der Waals surface area (Å²) in [6.45, 7) is 4.70. The Bertz CT molecular complexity index is 1290. The molecule has 0 aliphatic carbocycles. The molecule has 192 valence electrons. The largest absolute Gasteiger partial charge is 0.486 e. The fourth-order valence-electron chi connectivity index (χ4n) is 4.61. The lowest BCUT2D eigenvalue weighted by molar-refractivity contribution is 0.0876. The van der Waals surface area contributed by atoms with Gasteiger partial charge in [-0.1, -0.05) is 0 Å². The molecule has 0 spiro atoms. The predicted molar refractivity (Wildman–Crippen MR) is 130 cm³/mol. The van der Waals surface area contributed by atoms with E-state index in [1.54, 1.807) is 12.3 Å². The van der Waals surface area contributed by atoms with Gasteiger partial charge in [-0.3, -0.25) is 14.8 Å². The Morgan fingerprint density at radius 2 is 1.83 bits per heavy atom. The van der Waals surface area contributed by atoms with Crippen LogP contribution in [-0.2, 0) is 13.1 Å². The number of fused-ring (bicyclic) bond motifs is 1. The molecule has 0 aromatic carbocycles. The molecule has 6 rings (SSSR count). The molecule has 10 nitrogen and oxygen atoms in total. The number of aliphatic hydroxyl groups is 1. The molecule has 36 heavy (non-hydrogen) atoms. The van der Waals surface area contributed by atoms with E-state index in [0.29, 0.717) is 49.7 Å². The predicted octanol–water partition coefficient (Wildman–Crippen LogP) is 1.33. The van der Waals surface area contributed by atoms with Crippen molar-refractivity contribution in [1.29, 1.82) is 0 Å². The Balaban J connectivity index is 0.000000156. The Hall–Kier alpha value is -3.28. The van der Waals surface area contributed by atoms with Crippen LogP contribution in [0.3, 0.4) is 0 Å². The van der Waals surface area contributed by atoms with Gasteiger partial charge in [0.05, 0.1) is 36.8 Å². The molecule has 3 aromatic heterocycles. The number of aliphatic hydroxyl groups excluding tert-OH is 1. The lowest BCUT2D eigenvalue weighted by Crippen LogP contribution is -2.54. The maximum atomic E-state index is 13.4. The Morgan fingerprint density at radius 1 is 1.06 bits per heavy atom. The molecule has 6 heterocycles. The number of nitrogens with zero attached hydrogens (tertiary/aromatic N) is 4. The number of ether oxygens (including phenoxy) is 3. The highest BCUT2D eigenvalue weighted by Crippen LogP contribution is 2.30. The van der Waals surface area contributed by atoms with Crippen LogP contribution in [0, 0.1) is 5.82 Å². The molecule has 0 unspecified atom stereocenters. The number of rotatable bonds is 4. The van der Waals surface area contributed by atoms with Gasteiger partial charge in [0.15, 0.2) is 23.1 Å². The van der Waals surface area contributed by atoms with Crippen LogP contribution in [0.15, 0.2) is 35.4 Å². The van der Waals surface area contributed by atoms with Gasteiger partial charge >= 0.3 is 0 Å². The van der Waals surface area contributed by atoms with Crippen LogP contribution in [0.1, 0.15) is 18.5 Å². The van der Waals surface area contributed by atoms with E-state index in [-0.39, 0.29) is 23.5 Å². The van der Waals surface area contributed by atoms with E-state index < -0.39 is 5.82 Å². The van der Waals surface area contributed by atoms with Crippen molar-refractivity contribution in [2.45, 2.75) is 31.5 Å². The first-order valence-corrected chi connectivity index (χ1v) is 12.1. The minimum Gasteiger partial charge on any atom is -0.486 e. The second kappa shape index (κ2) is 10.4.